The average molecular weight is 389 g/mol. The minimum atomic E-state index is -0.562. The van der Waals surface area contributed by atoms with Crippen LogP contribution in [0.15, 0.2) is 66.9 Å². The first-order valence-corrected chi connectivity index (χ1v) is 9.88. The molecule has 148 valence electrons. The number of hydrogen-bond acceptors (Lipinski definition) is 4. The van der Waals surface area contributed by atoms with E-state index >= 15 is 0 Å². The Labute approximate surface area is 169 Å². The van der Waals surface area contributed by atoms with Crippen LogP contribution in [0.3, 0.4) is 0 Å². The van der Waals surface area contributed by atoms with E-state index in [-0.39, 0.29) is 18.6 Å². The minimum absolute atomic E-state index is 0.196. The normalized spacial score (nSPS) is 13.9. The van der Waals surface area contributed by atoms with Gasteiger partial charge in [-0.05, 0) is 25.0 Å². The van der Waals surface area contributed by atoms with Crippen LogP contribution < -0.4 is 5.32 Å². The van der Waals surface area contributed by atoms with Crippen LogP contribution in [0, 0.1) is 0 Å². The maximum atomic E-state index is 12.8. The topological polar surface area (TPSA) is 73.2 Å². The molecule has 0 atom stereocenters. The van der Waals surface area contributed by atoms with Crippen molar-refractivity contribution in [2.75, 3.05) is 6.61 Å². The molecule has 1 fully saturated rings. The molecule has 0 spiro atoms. The van der Waals surface area contributed by atoms with Crippen molar-refractivity contribution < 1.29 is 14.3 Å². The Morgan fingerprint density at radius 2 is 1.66 bits per heavy atom. The molecular weight excluding hydrogens is 366 g/mol. The second kappa shape index (κ2) is 8.73. The van der Waals surface area contributed by atoms with Crippen LogP contribution in [0.1, 0.15) is 36.0 Å². The van der Waals surface area contributed by atoms with Crippen LogP contribution in [0.5, 0.6) is 0 Å². The molecule has 0 radical (unpaired) electrons. The van der Waals surface area contributed by atoms with Crippen LogP contribution in [-0.4, -0.2) is 34.3 Å². The van der Waals surface area contributed by atoms with Gasteiger partial charge in [0.2, 0.25) is 0 Å². The molecule has 0 aliphatic heterocycles. The molecule has 0 unspecified atom stereocenters. The summed E-state index contributed by atoms with van der Waals surface area (Å²) < 4.78 is 6.96. The number of nitrogens with one attached hydrogen (secondary N) is 1. The predicted octanol–water partition coefficient (Wildman–Crippen LogP) is 3.75. The zero-order valence-electron chi connectivity index (χ0n) is 16.1. The van der Waals surface area contributed by atoms with Gasteiger partial charge in [-0.2, -0.15) is 5.10 Å². The van der Waals surface area contributed by atoms with Gasteiger partial charge in [0.05, 0.1) is 5.69 Å². The maximum absolute atomic E-state index is 12.8. The minimum Gasteiger partial charge on any atom is -0.452 e. The Morgan fingerprint density at radius 1 is 1.00 bits per heavy atom. The van der Waals surface area contributed by atoms with E-state index < -0.39 is 5.97 Å². The highest BCUT2D eigenvalue weighted by molar-refractivity contribution is 5.97. The molecule has 0 bridgehead atoms. The second-order valence-corrected chi connectivity index (χ2v) is 7.16. The summed E-state index contributed by atoms with van der Waals surface area (Å²) in [5, 5.41) is 7.52. The zero-order valence-corrected chi connectivity index (χ0v) is 16.1. The van der Waals surface area contributed by atoms with E-state index in [0.29, 0.717) is 11.3 Å². The third-order valence-electron chi connectivity index (χ3n) is 5.06. The van der Waals surface area contributed by atoms with Crippen LogP contribution in [0.2, 0.25) is 0 Å². The summed E-state index contributed by atoms with van der Waals surface area (Å²) in [5.41, 5.74) is 2.50. The number of carbonyl (C=O) groups excluding carboxylic acids is 2. The smallest absolute Gasteiger partial charge is 0.342 e. The lowest BCUT2D eigenvalue weighted by Crippen LogP contribution is -2.35. The summed E-state index contributed by atoms with van der Waals surface area (Å²) in [4.78, 5) is 24.9. The first-order valence-electron chi connectivity index (χ1n) is 9.88. The largest absolute Gasteiger partial charge is 0.452 e. The molecular formula is C23H23N3O3. The number of hydrogen-bond donors (Lipinski definition) is 1. The summed E-state index contributed by atoms with van der Waals surface area (Å²) in [7, 11) is 0. The van der Waals surface area contributed by atoms with E-state index in [4.69, 9.17) is 4.74 Å². The van der Waals surface area contributed by atoms with Gasteiger partial charge < -0.3 is 10.1 Å². The highest BCUT2D eigenvalue weighted by Crippen LogP contribution is 2.24. The first kappa shape index (κ1) is 18.9. The first-order chi connectivity index (χ1) is 14.2. The second-order valence-electron chi connectivity index (χ2n) is 7.16. The van der Waals surface area contributed by atoms with Gasteiger partial charge in [-0.1, -0.05) is 61.4 Å². The van der Waals surface area contributed by atoms with Gasteiger partial charge in [0.25, 0.3) is 5.91 Å². The van der Waals surface area contributed by atoms with Crippen molar-refractivity contribution >= 4 is 11.9 Å². The number of nitrogens with zero attached hydrogens (tertiary/aromatic N) is 2. The van der Waals surface area contributed by atoms with Gasteiger partial charge in [-0.15, -0.1) is 0 Å². The summed E-state index contributed by atoms with van der Waals surface area (Å²) in [6, 6.07) is 19.2. The predicted molar refractivity (Wildman–Crippen MR) is 110 cm³/mol. The van der Waals surface area contributed by atoms with Crippen molar-refractivity contribution in [1.29, 1.82) is 0 Å². The summed E-state index contributed by atoms with van der Waals surface area (Å²) in [6.45, 7) is -0.292. The fraction of sp³-hybridized carbons (Fsp3) is 0.261. The highest BCUT2D eigenvalue weighted by atomic mass is 16.5. The fourth-order valence-electron chi connectivity index (χ4n) is 3.59. The van der Waals surface area contributed by atoms with E-state index in [0.717, 1.165) is 36.9 Å². The van der Waals surface area contributed by atoms with Crippen molar-refractivity contribution in [3.63, 3.8) is 0 Å². The number of amides is 1. The van der Waals surface area contributed by atoms with Crippen molar-refractivity contribution in [3.05, 3.63) is 72.4 Å². The monoisotopic (exact) mass is 389 g/mol. The van der Waals surface area contributed by atoms with Crippen LogP contribution in [0.4, 0.5) is 0 Å². The Morgan fingerprint density at radius 3 is 2.34 bits per heavy atom. The molecule has 1 saturated carbocycles. The molecule has 29 heavy (non-hydrogen) atoms. The number of benzene rings is 2. The third-order valence-corrected chi connectivity index (χ3v) is 5.06. The van der Waals surface area contributed by atoms with Crippen LogP contribution in [0.25, 0.3) is 16.9 Å². The molecule has 1 aliphatic carbocycles. The van der Waals surface area contributed by atoms with Crippen molar-refractivity contribution in [3.8, 4) is 16.9 Å². The Balaban J connectivity index is 1.53. The summed E-state index contributed by atoms with van der Waals surface area (Å²) >= 11 is 0. The Bertz CT molecular complexity index is 977. The van der Waals surface area contributed by atoms with Gasteiger partial charge in [0, 0.05) is 17.8 Å². The lowest BCUT2D eigenvalue weighted by molar-refractivity contribution is -0.124. The molecule has 4 rings (SSSR count). The van der Waals surface area contributed by atoms with Gasteiger partial charge in [-0.25, -0.2) is 9.48 Å². The van der Waals surface area contributed by atoms with Crippen molar-refractivity contribution in [2.24, 2.45) is 0 Å². The third kappa shape index (κ3) is 4.54. The van der Waals surface area contributed by atoms with E-state index in [2.05, 4.69) is 10.4 Å². The number of carbonyl (C=O) groups is 2. The molecule has 0 saturated heterocycles. The summed E-state index contributed by atoms with van der Waals surface area (Å²) in [6.07, 6.45) is 5.88. The SMILES string of the molecule is O=C(COC(=O)c1cn(-c2ccccc2)nc1-c1ccccc1)NC1CCCC1. The maximum Gasteiger partial charge on any atom is 0.342 e. The molecule has 1 heterocycles. The van der Waals surface area contributed by atoms with Crippen molar-refractivity contribution in [2.45, 2.75) is 31.7 Å². The molecule has 6 nitrogen and oxygen atoms in total. The number of para-hydroxylation sites is 1. The lowest BCUT2D eigenvalue weighted by atomic mass is 10.1. The Hall–Kier alpha value is -3.41. The van der Waals surface area contributed by atoms with Gasteiger partial charge in [-0.3, -0.25) is 4.79 Å². The van der Waals surface area contributed by atoms with Crippen LogP contribution >= 0.6 is 0 Å². The van der Waals surface area contributed by atoms with E-state index in [1.54, 1.807) is 10.9 Å². The Kier molecular flexibility index (Phi) is 5.70. The lowest BCUT2D eigenvalue weighted by Gasteiger charge is -2.11. The molecule has 1 amide bonds. The van der Waals surface area contributed by atoms with E-state index in [1.165, 1.54) is 0 Å². The van der Waals surface area contributed by atoms with Gasteiger partial charge >= 0.3 is 5.97 Å². The molecule has 1 N–H and O–H groups in total. The highest BCUT2D eigenvalue weighted by Gasteiger charge is 2.22. The molecule has 3 aromatic rings. The average Bonchev–Trinajstić information content (AvgIpc) is 3.43. The fourth-order valence-corrected chi connectivity index (χ4v) is 3.59. The summed E-state index contributed by atoms with van der Waals surface area (Å²) in [5.74, 6) is -0.824. The van der Waals surface area contributed by atoms with Crippen LogP contribution in [-0.2, 0) is 9.53 Å². The van der Waals surface area contributed by atoms with E-state index in [9.17, 15) is 9.59 Å². The quantitative estimate of drug-likeness (QED) is 0.652. The number of esters is 1. The van der Waals surface area contributed by atoms with Gasteiger partial charge in [0.15, 0.2) is 6.61 Å². The molecule has 1 aliphatic rings. The van der Waals surface area contributed by atoms with E-state index in [1.807, 2.05) is 60.7 Å². The molecule has 6 heteroatoms. The number of ether oxygens (including phenoxy) is 1. The van der Waals surface area contributed by atoms with Crippen molar-refractivity contribution in [1.82, 2.24) is 15.1 Å². The number of aromatic nitrogens is 2. The number of rotatable bonds is 6. The standard InChI is InChI=1S/C23H23N3O3/c27-21(24-18-11-7-8-12-18)16-29-23(28)20-15-26(19-13-5-2-6-14-19)25-22(20)17-9-3-1-4-10-17/h1-6,9-10,13-15,18H,7-8,11-12,16H2,(H,24,27). The molecule has 2 aromatic carbocycles. The zero-order chi connectivity index (χ0) is 20.1. The molecule has 1 aromatic heterocycles. The van der Waals surface area contributed by atoms with Gasteiger partial charge in [0.1, 0.15) is 11.3 Å².